The molecule has 2 unspecified atom stereocenters. The zero-order valence-electron chi connectivity index (χ0n) is 16.1. The first-order valence-electron chi connectivity index (χ1n) is 9.37. The lowest BCUT2D eigenvalue weighted by molar-refractivity contribution is -0.170. The van der Waals surface area contributed by atoms with E-state index in [9.17, 15) is 0 Å². The maximum atomic E-state index is 6.19. The summed E-state index contributed by atoms with van der Waals surface area (Å²) in [5.74, 6) is 1.85. The Morgan fingerprint density at radius 2 is 1.15 bits per heavy atom. The van der Waals surface area contributed by atoms with Gasteiger partial charge < -0.3 is 13.9 Å². The molecule has 5 heteroatoms. The van der Waals surface area contributed by atoms with Gasteiger partial charge in [-0.2, -0.15) is 0 Å². The Bertz CT molecular complexity index is 899. The van der Waals surface area contributed by atoms with E-state index in [4.69, 9.17) is 13.9 Å². The standard InChI is InChI=1S/C22H24O3S2/c1-21(2)11-23-19(21)17-9-7-15(26-17)13-5-6-14(25-13)16-8-10-18(27-16)20-22(3,4)12-24-20/h5-10,19-20H,11-12H2,1-4H3. The molecule has 2 saturated heterocycles. The van der Waals surface area contributed by atoms with Crippen molar-refractivity contribution in [3.05, 3.63) is 46.2 Å². The molecule has 2 atom stereocenters. The van der Waals surface area contributed by atoms with Crippen LogP contribution in [-0.4, -0.2) is 13.2 Å². The van der Waals surface area contributed by atoms with Crippen LogP contribution < -0.4 is 0 Å². The Morgan fingerprint density at radius 1 is 0.704 bits per heavy atom. The van der Waals surface area contributed by atoms with Crippen LogP contribution in [-0.2, 0) is 9.47 Å². The van der Waals surface area contributed by atoms with Crippen molar-refractivity contribution in [1.82, 2.24) is 0 Å². The highest BCUT2D eigenvalue weighted by Gasteiger charge is 2.42. The van der Waals surface area contributed by atoms with E-state index in [1.807, 2.05) is 0 Å². The minimum Gasteiger partial charge on any atom is -0.454 e. The fourth-order valence-corrected chi connectivity index (χ4v) is 6.25. The monoisotopic (exact) mass is 400 g/mol. The zero-order valence-corrected chi connectivity index (χ0v) is 17.7. The van der Waals surface area contributed by atoms with Gasteiger partial charge in [-0.1, -0.05) is 27.7 Å². The van der Waals surface area contributed by atoms with Crippen molar-refractivity contribution in [2.24, 2.45) is 10.8 Å². The topological polar surface area (TPSA) is 31.6 Å². The third-order valence-electron chi connectivity index (χ3n) is 5.53. The lowest BCUT2D eigenvalue weighted by Gasteiger charge is -2.43. The molecule has 0 aromatic carbocycles. The van der Waals surface area contributed by atoms with Crippen LogP contribution in [0.5, 0.6) is 0 Å². The average molecular weight is 401 g/mol. The van der Waals surface area contributed by atoms with Gasteiger partial charge >= 0.3 is 0 Å². The number of thiophene rings is 2. The van der Waals surface area contributed by atoms with E-state index in [1.165, 1.54) is 9.75 Å². The van der Waals surface area contributed by atoms with E-state index in [2.05, 4.69) is 64.1 Å². The number of hydrogen-bond donors (Lipinski definition) is 0. The summed E-state index contributed by atoms with van der Waals surface area (Å²) in [6.45, 7) is 10.7. The Kier molecular flexibility index (Phi) is 3.96. The van der Waals surface area contributed by atoms with Gasteiger partial charge in [0.2, 0.25) is 0 Å². The molecule has 3 aromatic rings. The van der Waals surface area contributed by atoms with Crippen molar-refractivity contribution in [3.8, 4) is 21.3 Å². The van der Waals surface area contributed by atoms with Gasteiger partial charge in [-0.25, -0.2) is 0 Å². The summed E-state index contributed by atoms with van der Waals surface area (Å²) in [5.41, 5.74) is 0.447. The minimum absolute atomic E-state index is 0.205. The molecule has 0 aliphatic carbocycles. The molecule has 5 heterocycles. The molecule has 0 radical (unpaired) electrons. The van der Waals surface area contributed by atoms with Gasteiger partial charge in [0, 0.05) is 20.6 Å². The van der Waals surface area contributed by atoms with Crippen LogP contribution in [0.4, 0.5) is 0 Å². The molecule has 0 spiro atoms. The second-order valence-electron chi connectivity index (χ2n) is 8.93. The summed E-state index contributed by atoms with van der Waals surface area (Å²) in [7, 11) is 0. The lowest BCUT2D eigenvalue weighted by atomic mass is 9.82. The molecule has 2 aliphatic rings. The predicted molar refractivity (Wildman–Crippen MR) is 110 cm³/mol. The summed E-state index contributed by atoms with van der Waals surface area (Å²) in [6.07, 6.45) is 0.410. The van der Waals surface area contributed by atoms with Crippen molar-refractivity contribution in [3.63, 3.8) is 0 Å². The number of hydrogen-bond acceptors (Lipinski definition) is 5. The smallest absolute Gasteiger partial charge is 0.144 e. The van der Waals surface area contributed by atoms with Gasteiger partial charge in [0.1, 0.15) is 11.5 Å². The first-order valence-corrected chi connectivity index (χ1v) is 11.0. The van der Waals surface area contributed by atoms with Crippen molar-refractivity contribution in [2.75, 3.05) is 13.2 Å². The normalized spacial score (nSPS) is 25.8. The third kappa shape index (κ3) is 2.92. The Balaban J connectivity index is 1.36. The second kappa shape index (κ2) is 6.05. The van der Waals surface area contributed by atoms with Crippen LogP contribution in [0.15, 0.2) is 40.8 Å². The minimum atomic E-state index is 0.205. The zero-order chi connectivity index (χ0) is 18.8. The Hall–Kier alpha value is -1.40. The number of furan rings is 1. The van der Waals surface area contributed by atoms with Gasteiger partial charge in [0.15, 0.2) is 0 Å². The van der Waals surface area contributed by atoms with Gasteiger partial charge in [-0.05, 0) is 36.4 Å². The van der Waals surface area contributed by atoms with Crippen molar-refractivity contribution >= 4 is 22.7 Å². The van der Waals surface area contributed by atoms with E-state index in [-0.39, 0.29) is 23.0 Å². The molecule has 0 amide bonds. The number of ether oxygens (including phenoxy) is 2. The van der Waals surface area contributed by atoms with Crippen LogP contribution >= 0.6 is 22.7 Å². The summed E-state index contributed by atoms with van der Waals surface area (Å²) >= 11 is 3.54. The van der Waals surface area contributed by atoms with Gasteiger partial charge in [0.05, 0.1) is 35.2 Å². The summed E-state index contributed by atoms with van der Waals surface area (Å²) < 4.78 is 17.8. The molecule has 142 valence electrons. The highest BCUT2D eigenvalue weighted by atomic mass is 32.1. The average Bonchev–Trinajstić information content (AvgIpc) is 3.32. The highest BCUT2D eigenvalue weighted by molar-refractivity contribution is 7.16. The molecule has 0 bridgehead atoms. The fourth-order valence-electron chi connectivity index (χ4n) is 3.79. The van der Waals surface area contributed by atoms with Crippen molar-refractivity contribution in [2.45, 2.75) is 39.9 Å². The predicted octanol–water partition coefficient (Wildman–Crippen LogP) is 6.93. The van der Waals surface area contributed by atoms with E-state index in [0.717, 1.165) is 34.5 Å². The van der Waals surface area contributed by atoms with E-state index in [0.29, 0.717) is 0 Å². The molecule has 0 N–H and O–H groups in total. The van der Waals surface area contributed by atoms with Crippen molar-refractivity contribution < 1.29 is 13.9 Å². The van der Waals surface area contributed by atoms with Gasteiger partial charge in [-0.3, -0.25) is 0 Å². The Morgan fingerprint density at radius 3 is 1.48 bits per heavy atom. The SMILES string of the molecule is CC1(C)COC1c1ccc(-c2ccc(-c3ccc(C4OCC4(C)C)s3)o2)s1. The molecular weight excluding hydrogens is 376 g/mol. The molecule has 27 heavy (non-hydrogen) atoms. The fraction of sp³-hybridized carbons (Fsp3) is 0.455. The molecule has 5 rings (SSSR count). The maximum Gasteiger partial charge on any atom is 0.144 e. The number of rotatable bonds is 4. The van der Waals surface area contributed by atoms with Crippen LogP contribution in [0.2, 0.25) is 0 Å². The molecule has 2 aliphatic heterocycles. The molecule has 2 fully saturated rings. The van der Waals surface area contributed by atoms with Crippen LogP contribution in [0.3, 0.4) is 0 Å². The molecule has 3 nitrogen and oxygen atoms in total. The Labute approximate surface area is 167 Å². The molecule has 0 saturated carbocycles. The summed E-state index contributed by atoms with van der Waals surface area (Å²) in [5, 5.41) is 0. The molecular formula is C22H24O3S2. The van der Waals surface area contributed by atoms with E-state index < -0.39 is 0 Å². The molecule has 3 aromatic heterocycles. The van der Waals surface area contributed by atoms with Crippen LogP contribution in [0.1, 0.15) is 49.7 Å². The third-order valence-corrected chi connectivity index (χ3v) is 7.81. The summed E-state index contributed by atoms with van der Waals surface area (Å²) in [6, 6.07) is 12.8. The van der Waals surface area contributed by atoms with Crippen LogP contribution in [0, 0.1) is 10.8 Å². The quantitative estimate of drug-likeness (QED) is 0.476. The van der Waals surface area contributed by atoms with Gasteiger partial charge in [-0.15, -0.1) is 22.7 Å². The maximum absolute atomic E-state index is 6.19. The highest BCUT2D eigenvalue weighted by Crippen LogP contribution is 2.50. The van der Waals surface area contributed by atoms with Crippen LogP contribution in [0.25, 0.3) is 21.3 Å². The lowest BCUT2D eigenvalue weighted by Crippen LogP contribution is -2.39. The first-order chi connectivity index (χ1) is 12.8. The van der Waals surface area contributed by atoms with Gasteiger partial charge in [0.25, 0.3) is 0 Å². The van der Waals surface area contributed by atoms with E-state index >= 15 is 0 Å². The van der Waals surface area contributed by atoms with Crippen molar-refractivity contribution in [1.29, 1.82) is 0 Å². The first kappa shape index (κ1) is 17.7. The summed E-state index contributed by atoms with van der Waals surface area (Å²) in [4.78, 5) is 4.87. The largest absolute Gasteiger partial charge is 0.454 e. The van der Waals surface area contributed by atoms with E-state index in [1.54, 1.807) is 22.7 Å². The second-order valence-corrected chi connectivity index (χ2v) is 11.2.